The fourth-order valence-electron chi connectivity index (χ4n) is 2.72. The molecule has 2 aromatic rings. The van der Waals surface area contributed by atoms with Gasteiger partial charge in [0.05, 0.1) is 0 Å². The summed E-state index contributed by atoms with van der Waals surface area (Å²) in [6.07, 6.45) is 5.92. The van der Waals surface area contributed by atoms with Gasteiger partial charge in [-0.15, -0.1) is 0 Å². The SMILES string of the molecule is CCCNC(Cc1ccncc1)C(C)(C)c1ccccc1. The van der Waals surface area contributed by atoms with Crippen LogP contribution >= 0.6 is 0 Å². The van der Waals surface area contributed by atoms with Gasteiger partial charge in [-0.05, 0) is 42.6 Å². The first-order valence-corrected chi connectivity index (χ1v) is 7.82. The summed E-state index contributed by atoms with van der Waals surface area (Å²) in [7, 11) is 0. The van der Waals surface area contributed by atoms with Crippen LogP contribution in [0, 0.1) is 0 Å². The van der Waals surface area contributed by atoms with Crippen LogP contribution in [0.2, 0.25) is 0 Å². The number of aromatic nitrogens is 1. The molecule has 0 aliphatic carbocycles. The minimum atomic E-state index is 0.0830. The summed E-state index contributed by atoms with van der Waals surface area (Å²) in [6.45, 7) is 7.92. The number of rotatable bonds is 7. The lowest BCUT2D eigenvalue weighted by molar-refractivity contribution is 0.337. The van der Waals surface area contributed by atoms with E-state index < -0.39 is 0 Å². The Bertz CT molecular complexity index is 520. The molecular weight excluding hydrogens is 256 g/mol. The highest BCUT2D eigenvalue weighted by atomic mass is 14.9. The van der Waals surface area contributed by atoms with Crippen molar-refractivity contribution in [2.75, 3.05) is 6.54 Å². The van der Waals surface area contributed by atoms with Gasteiger partial charge in [0.25, 0.3) is 0 Å². The molecule has 0 bridgehead atoms. The molecule has 1 unspecified atom stereocenters. The summed E-state index contributed by atoms with van der Waals surface area (Å²) in [6, 6.07) is 15.4. The Morgan fingerprint density at radius 3 is 2.33 bits per heavy atom. The van der Waals surface area contributed by atoms with E-state index in [-0.39, 0.29) is 5.41 Å². The largest absolute Gasteiger partial charge is 0.313 e. The van der Waals surface area contributed by atoms with Crippen LogP contribution in [0.4, 0.5) is 0 Å². The maximum absolute atomic E-state index is 4.11. The minimum Gasteiger partial charge on any atom is -0.313 e. The van der Waals surface area contributed by atoms with Gasteiger partial charge in [-0.25, -0.2) is 0 Å². The first kappa shape index (κ1) is 15.7. The second-order valence-electron chi connectivity index (χ2n) is 6.15. The lowest BCUT2D eigenvalue weighted by Gasteiger charge is -2.36. The zero-order valence-corrected chi connectivity index (χ0v) is 13.3. The molecule has 0 amide bonds. The first-order valence-electron chi connectivity index (χ1n) is 7.82. The summed E-state index contributed by atoms with van der Waals surface area (Å²) in [4.78, 5) is 4.11. The quantitative estimate of drug-likeness (QED) is 0.831. The zero-order valence-electron chi connectivity index (χ0n) is 13.3. The number of nitrogens with one attached hydrogen (secondary N) is 1. The highest BCUT2D eigenvalue weighted by Gasteiger charge is 2.30. The van der Waals surface area contributed by atoms with Crippen molar-refractivity contribution < 1.29 is 0 Å². The molecular formula is C19H26N2. The number of pyridine rings is 1. The zero-order chi connectivity index (χ0) is 15.1. The van der Waals surface area contributed by atoms with Gasteiger partial charge in [0, 0.05) is 23.9 Å². The summed E-state index contributed by atoms with van der Waals surface area (Å²) in [5.74, 6) is 0. The average molecular weight is 282 g/mol. The Balaban J connectivity index is 2.22. The smallest absolute Gasteiger partial charge is 0.0270 e. The van der Waals surface area contributed by atoms with Crippen molar-refractivity contribution in [1.29, 1.82) is 0 Å². The summed E-state index contributed by atoms with van der Waals surface area (Å²) in [5.41, 5.74) is 2.80. The third-order valence-electron chi connectivity index (χ3n) is 4.22. The van der Waals surface area contributed by atoms with E-state index in [9.17, 15) is 0 Å². The monoisotopic (exact) mass is 282 g/mol. The van der Waals surface area contributed by atoms with Gasteiger partial charge in [0.2, 0.25) is 0 Å². The third-order valence-corrected chi connectivity index (χ3v) is 4.22. The molecule has 1 aromatic heterocycles. The molecule has 0 saturated heterocycles. The highest BCUT2D eigenvalue weighted by molar-refractivity contribution is 5.27. The standard InChI is InChI=1S/C19H26N2/c1-4-12-21-18(15-16-10-13-20-14-11-16)19(2,3)17-8-6-5-7-9-17/h5-11,13-14,18,21H,4,12,15H2,1-3H3. The predicted octanol–water partition coefficient (Wildman–Crippen LogP) is 3.97. The molecule has 0 saturated carbocycles. The molecule has 1 N–H and O–H groups in total. The Morgan fingerprint density at radius 1 is 1.05 bits per heavy atom. The summed E-state index contributed by atoms with van der Waals surface area (Å²) < 4.78 is 0. The predicted molar refractivity (Wildman–Crippen MR) is 89.5 cm³/mol. The lowest BCUT2D eigenvalue weighted by atomic mass is 9.75. The van der Waals surface area contributed by atoms with Crippen molar-refractivity contribution >= 4 is 0 Å². The molecule has 0 spiro atoms. The second-order valence-corrected chi connectivity index (χ2v) is 6.15. The van der Waals surface area contributed by atoms with E-state index in [0.717, 1.165) is 19.4 Å². The van der Waals surface area contributed by atoms with E-state index in [1.54, 1.807) is 0 Å². The topological polar surface area (TPSA) is 24.9 Å². The number of nitrogens with zero attached hydrogens (tertiary/aromatic N) is 1. The fraction of sp³-hybridized carbons (Fsp3) is 0.421. The van der Waals surface area contributed by atoms with E-state index in [0.29, 0.717) is 6.04 Å². The van der Waals surface area contributed by atoms with Crippen LogP contribution in [0.15, 0.2) is 54.9 Å². The van der Waals surface area contributed by atoms with Crippen LogP contribution in [0.25, 0.3) is 0 Å². The van der Waals surface area contributed by atoms with Crippen molar-refractivity contribution in [3.05, 3.63) is 66.0 Å². The van der Waals surface area contributed by atoms with Crippen molar-refractivity contribution in [2.24, 2.45) is 0 Å². The van der Waals surface area contributed by atoms with Gasteiger partial charge >= 0.3 is 0 Å². The van der Waals surface area contributed by atoms with Crippen LogP contribution < -0.4 is 5.32 Å². The summed E-state index contributed by atoms with van der Waals surface area (Å²) >= 11 is 0. The summed E-state index contributed by atoms with van der Waals surface area (Å²) in [5, 5.41) is 3.74. The van der Waals surface area contributed by atoms with Gasteiger partial charge in [-0.1, -0.05) is 51.1 Å². The average Bonchev–Trinajstić information content (AvgIpc) is 2.53. The Hall–Kier alpha value is -1.67. The first-order chi connectivity index (χ1) is 10.1. The molecule has 21 heavy (non-hydrogen) atoms. The van der Waals surface area contributed by atoms with Crippen LogP contribution in [0.1, 0.15) is 38.3 Å². The number of hydrogen-bond acceptors (Lipinski definition) is 2. The number of benzene rings is 1. The molecule has 2 nitrogen and oxygen atoms in total. The van der Waals surface area contributed by atoms with Crippen LogP contribution in [0.3, 0.4) is 0 Å². The Morgan fingerprint density at radius 2 is 1.71 bits per heavy atom. The molecule has 2 rings (SSSR count). The fourth-order valence-corrected chi connectivity index (χ4v) is 2.72. The van der Waals surface area contributed by atoms with Crippen LogP contribution in [-0.4, -0.2) is 17.6 Å². The van der Waals surface area contributed by atoms with Gasteiger partial charge < -0.3 is 5.32 Å². The molecule has 1 aromatic carbocycles. The molecule has 0 radical (unpaired) electrons. The van der Waals surface area contributed by atoms with Gasteiger partial charge in [0.1, 0.15) is 0 Å². The molecule has 112 valence electrons. The number of hydrogen-bond donors (Lipinski definition) is 1. The maximum Gasteiger partial charge on any atom is 0.0270 e. The van der Waals surface area contributed by atoms with E-state index in [1.807, 2.05) is 12.4 Å². The van der Waals surface area contributed by atoms with E-state index >= 15 is 0 Å². The normalized spacial score (nSPS) is 13.1. The van der Waals surface area contributed by atoms with Crippen LogP contribution in [-0.2, 0) is 11.8 Å². The molecule has 2 heteroatoms. The van der Waals surface area contributed by atoms with Crippen molar-refractivity contribution in [1.82, 2.24) is 10.3 Å². The van der Waals surface area contributed by atoms with Crippen LogP contribution in [0.5, 0.6) is 0 Å². The van der Waals surface area contributed by atoms with Gasteiger partial charge in [0.15, 0.2) is 0 Å². The molecule has 1 heterocycles. The molecule has 0 aliphatic heterocycles. The van der Waals surface area contributed by atoms with Gasteiger partial charge in [-0.2, -0.15) is 0 Å². The molecule has 0 fully saturated rings. The Kier molecular flexibility index (Phi) is 5.51. The highest BCUT2D eigenvalue weighted by Crippen LogP contribution is 2.29. The van der Waals surface area contributed by atoms with E-state index in [1.165, 1.54) is 11.1 Å². The molecule has 1 atom stereocenters. The lowest BCUT2D eigenvalue weighted by Crippen LogP contribution is -2.46. The van der Waals surface area contributed by atoms with Crippen molar-refractivity contribution in [3.8, 4) is 0 Å². The third kappa shape index (κ3) is 4.15. The van der Waals surface area contributed by atoms with Crippen molar-refractivity contribution in [3.63, 3.8) is 0 Å². The molecule has 0 aliphatic rings. The minimum absolute atomic E-state index is 0.0830. The van der Waals surface area contributed by atoms with E-state index in [4.69, 9.17) is 0 Å². The Labute approximate surface area is 128 Å². The second kappa shape index (κ2) is 7.37. The maximum atomic E-state index is 4.11. The van der Waals surface area contributed by atoms with Crippen molar-refractivity contribution in [2.45, 2.75) is 45.1 Å². The van der Waals surface area contributed by atoms with E-state index in [2.05, 4.69) is 73.5 Å². The van der Waals surface area contributed by atoms with Gasteiger partial charge in [-0.3, -0.25) is 4.98 Å².